The number of carbonyl (C=O) groups excluding carboxylic acids is 1. The highest BCUT2D eigenvalue weighted by molar-refractivity contribution is 7.98. The number of anilines is 2. The number of rotatable bonds is 8. The van der Waals surface area contributed by atoms with Crippen LogP contribution in [0.2, 0.25) is 0 Å². The molecule has 1 fully saturated rings. The van der Waals surface area contributed by atoms with Gasteiger partial charge >= 0.3 is 0 Å². The molecule has 3 rings (SSSR count). The van der Waals surface area contributed by atoms with E-state index in [9.17, 15) is 9.18 Å². The molecule has 0 atom stereocenters. The van der Waals surface area contributed by atoms with Crippen LogP contribution < -0.4 is 15.5 Å². The van der Waals surface area contributed by atoms with E-state index in [-0.39, 0.29) is 11.7 Å². The molecule has 1 amide bonds. The van der Waals surface area contributed by atoms with E-state index in [0.29, 0.717) is 17.3 Å². The Morgan fingerprint density at radius 1 is 1.28 bits per heavy atom. The van der Waals surface area contributed by atoms with Crippen LogP contribution in [-0.2, 0) is 10.5 Å². The number of benzene rings is 2. The topological polar surface area (TPSA) is 44.4 Å². The van der Waals surface area contributed by atoms with Crippen LogP contribution in [-0.4, -0.2) is 29.9 Å². The van der Waals surface area contributed by atoms with Crippen LogP contribution in [0.1, 0.15) is 30.4 Å². The van der Waals surface area contributed by atoms with Gasteiger partial charge in [0.2, 0.25) is 5.91 Å². The molecule has 0 aromatic heterocycles. The summed E-state index contributed by atoms with van der Waals surface area (Å²) < 4.78 is 13.6. The number of nitrogens with one attached hydrogen (secondary N) is 2. The molecule has 154 valence electrons. The van der Waals surface area contributed by atoms with E-state index >= 15 is 0 Å². The number of hydrogen-bond donors (Lipinski definition) is 2. The van der Waals surface area contributed by atoms with E-state index in [0.717, 1.165) is 54.2 Å². The Balaban J connectivity index is 1.39. The van der Waals surface area contributed by atoms with Gasteiger partial charge in [-0.25, -0.2) is 4.39 Å². The predicted octanol–water partition coefficient (Wildman–Crippen LogP) is 4.87. The average molecular weight is 432 g/mol. The van der Waals surface area contributed by atoms with E-state index in [1.807, 2.05) is 42.2 Å². The lowest BCUT2D eigenvalue weighted by atomic mass is 10.1. The minimum atomic E-state index is -0.142. The third-order valence-electron chi connectivity index (χ3n) is 4.80. The quantitative estimate of drug-likeness (QED) is 0.461. The minimum Gasteiger partial charge on any atom is -0.362 e. The van der Waals surface area contributed by atoms with Crippen molar-refractivity contribution in [2.24, 2.45) is 0 Å². The van der Waals surface area contributed by atoms with Crippen LogP contribution in [0.3, 0.4) is 0 Å². The number of nitrogens with zero attached hydrogens (tertiary/aromatic N) is 1. The Morgan fingerprint density at radius 2 is 2.10 bits per heavy atom. The fourth-order valence-electron chi connectivity index (χ4n) is 3.23. The van der Waals surface area contributed by atoms with Crippen LogP contribution in [0.25, 0.3) is 0 Å². The van der Waals surface area contributed by atoms with E-state index in [4.69, 9.17) is 12.2 Å². The molecule has 1 heterocycles. The second-order valence-electron chi connectivity index (χ2n) is 7.03. The molecule has 0 radical (unpaired) electrons. The fraction of sp³-hybridized carbons (Fsp3) is 0.364. The molecule has 2 aromatic carbocycles. The molecule has 7 heteroatoms. The first-order chi connectivity index (χ1) is 14.0. The summed E-state index contributed by atoms with van der Waals surface area (Å²) in [6, 6.07) is 12.9. The zero-order valence-electron chi connectivity index (χ0n) is 16.5. The van der Waals surface area contributed by atoms with Crippen LogP contribution in [0.5, 0.6) is 0 Å². The maximum absolute atomic E-state index is 13.6. The van der Waals surface area contributed by atoms with Crippen molar-refractivity contribution < 1.29 is 9.18 Å². The highest BCUT2D eigenvalue weighted by atomic mass is 32.2. The summed E-state index contributed by atoms with van der Waals surface area (Å²) in [6.45, 7) is 3.54. The summed E-state index contributed by atoms with van der Waals surface area (Å²) in [5, 5.41) is 6.97. The highest BCUT2D eigenvalue weighted by Crippen LogP contribution is 2.28. The van der Waals surface area contributed by atoms with Crippen molar-refractivity contribution in [1.82, 2.24) is 5.32 Å². The molecule has 0 spiro atoms. The number of amides is 1. The van der Waals surface area contributed by atoms with Crippen LogP contribution in [0.4, 0.5) is 15.8 Å². The van der Waals surface area contributed by atoms with E-state index in [1.165, 1.54) is 6.07 Å². The maximum atomic E-state index is 13.6. The number of thioether (sulfide) groups is 1. The van der Waals surface area contributed by atoms with Gasteiger partial charge in [0.1, 0.15) is 5.82 Å². The molecule has 29 heavy (non-hydrogen) atoms. The van der Waals surface area contributed by atoms with Crippen LogP contribution >= 0.6 is 24.0 Å². The second-order valence-corrected chi connectivity index (χ2v) is 8.54. The first kappa shape index (κ1) is 21.6. The number of aryl methyl sites for hydroxylation is 1. The van der Waals surface area contributed by atoms with Gasteiger partial charge in [0, 0.05) is 36.6 Å². The van der Waals surface area contributed by atoms with Crippen molar-refractivity contribution in [3.63, 3.8) is 0 Å². The Bertz CT molecular complexity index is 875. The van der Waals surface area contributed by atoms with Crippen LogP contribution in [0, 0.1) is 12.7 Å². The molecule has 4 nitrogen and oxygen atoms in total. The van der Waals surface area contributed by atoms with Crippen molar-refractivity contribution >= 4 is 46.4 Å². The molecule has 1 aliphatic rings. The summed E-state index contributed by atoms with van der Waals surface area (Å²) >= 11 is 7.10. The SMILES string of the molecule is Cc1ccc(NC(=S)NCCCSCc2ccccc2F)cc1N1CCCC1=O. The smallest absolute Gasteiger partial charge is 0.227 e. The Morgan fingerprint density at radius 3 is 2.86 bits per heavy atom. The Hall–Kier alpha value is -2.12. The summed E-state index contributed by atoms with van der Waals surface area (Å²) in [5.74, 6) is 1.64. The van der Waals surface area contributed by atoms with Gasteiger partial charge in [0.25, 0.3) is 0 Å². The molecular formula is C22H26FN3OS2. The first-order valence-corrected chi connectivity index (χ1v) is 11.4. The Kier molecular flexibility index (Phi) is 7.89. The van der Waals surface area contributed by atoms with Gasteiger partial charge in [0.15, 0.2) is 5.11 Å². The highest BCUT2D eigenvalue weighted by Gasteiger charge is 2.23. The fourth-order valence-corrected chi connectivity index (χ4v) is 4.40. The van der Waals surface area contributed by atoms with Gasteiger partial charge in [-0.1, -0.05) is 24.3 Å². The number of halogens is 1. The average Bonchev–Trinajstić information content (AvgIpc) is 3.13. The Labute approximate surface area is 181 Å². The maximum Gasteiger partial charge on any atom is 0.227 e. The predicted molar refractivity (Wildman–Crippen MR) is 124 cm³/mol. The normalized spacial score (nSPS) is 13.6. The number of hydrogen-bond acceptors (Lipinski definition) is 3. The molecule has 2 N–H and O–H groups in total. The lowest BCUT2D eigenvalue weighted by Gasteiger charge is -2.20. The third kappa shape index (κ3) is 6.18. The zero-order valence-corrected chi connectivity index (χ0v) is 18.2. The zero-order chi connectivity index (χ0) is 20.6. The third-order valence-corrected chi connectivity index (χ3v) is 6.14. The molecule has 0 saturated carbocycles. The summed E-state index contributed by atoms with van der Waals surface area (Å²) in [4.78, 5) is 13.9. The number of carbonyl (C=O) groups is 1. The largest absolute Gasteiger partial charge is 0.362 e. The molecule has 0 aliphatic carbocycles. The van der Waals surface area contributed by atoms with E-state index in [2.05, 4.69) is 10.6 Å². The van der Waals surface area contributed by atoms with Crippen molar-refractivity contribution in [3.05, 3.63) is 59.4 Å². The molecule has 1 aliphatic heterocycles. The summed E-state index contributed by atoms with van der Waals surface area (Å²) in [6.07, 6.45) is 2.46. The lowest BCUT2D eigenvalue weighted by molar-refractivity contribution is -0.117. The molecule has 1 saturated heterocycles. The lowest BCUT2D eigenvalue weighted by Crippen LogP contribution is -2.30. The molecular weight excluding hydrogens is 405 g/mol. The summed E-state index contributed by atoms with van der Waals surface area (Å²) in [7, 11) is 0. The molecule has 2 aromatic rings. The van der Waals surface area contributed by atoms with Crippen molar-refractivity contribution in [1.29, 1.82) is 0 Å². The van der Waals surface area contributed by atoms with Crippen molar-refractivity contribution in [3.8, 4) is 0 Å². The van der Waals surface area contributed by atoms with Gasteiger partial charge in [-0.2, -0.15) is 11.8 Å². The molecule has 0 unspecified atom stereocenters. The van der Waals surface area contributed by atoms with Crippen LogP contribution in [0.15, 0.2) is 42.5 Å². The van der Waals surface area contributed by atoms with Gasteiger partial charge < -0.3 is 15.5 Å². The van der Waals surface area contributed by atoms with Gasteiger partial charge in [-0.15, -0.1) is 0 Å². The van der Waals surface area contributed by atoms with E-state index < -0.39 is 0 Å². The van der Waals surface area contributed by atoms with E-state index in [1.54, 1.807) is 17.8 Å². The second kappa shape index (κ2) is 10.6. The minimum absolute atomic E-state index is 0.142. The standard InChI is InChI=1S/C22H26FN3OS2/c1-16-9-10-18(14-20(16)26-12-4-8-21(26)27)25-22(28)24-11-5-13-29-15-17-6-2-3-7-19(17)23/h2-3,6-7,9-10,14H,4-5,8,11-13,15H2,1H3,(H2,24,25,28). The monoisotopic (exact) mass is 431 g/mol. The summed E-state index contributed by atoms with van der Waals surface area (Å²) in [5.41, 5.74) is 3.65. The van der Waals surface area contributed by atoms with Gasteiger partial charge in [-0.05, 0) is 67.1 Å². The van der Waals surface area contributed by atoms with Gasteiger partial charge in [-0.3, -0.25) is 4.79 Å². The van der Waals surface area contributed by atoms with Crippen molar-refractivity contribution in [2.75, 3.05) is 29.1 Å². The first-order valence-electron chi connectivity index (χ1n) is 9.81. The van der Waals surface area contributed by atoms with Gasteiger partial charge in [0.05, 0.1) is 0 Å². The number of thiocarbonyl (C=S) groups is 1. The molecule has 0 bridgehead atoms. The van der Waals surface area contributed by atoms with Crippen molar-refractivity contribution in [2.45, 2.75) is 31.9 Å².